The highest BCUT2D eigenvalue weighted by Gasteiger charge is 2.17. The van der Waals surface area contributed by atoms with Crippen LogP contribution in [-0.2, 0) is 4.79 Å². The lowest BCUT2D eigenvalue weighted by atomic mass is 9.96. The molecule has 0 radical (unpaired) electrons. The van der Waals surface area contributed by atoms with Gasteiger partial charge in [-0.25, -0.2) is 0 Å². The van der Waals surface area contributed by atoms with E-state index in [1.165, 1.54) is 0 Å². The third-order valence-corrected chi connectivity index (χ3v) is 1.80. The minimum Gasteiger partial charge on any atom is -0.368 e. The van der Waals surface area contributed by atoms with Crippen LogP contribution in [0.25, 0.3) is 0 Å². The average Bonchev–Trinajstić information content (AvgIpc) is 1.95. The summed E-state index contributed by atoms with van der Waals surface area (Å²) in [4.78, 5) is 11.0. The van der Waals surface area contributed by atoms with Crippen LogP contribution < -0.4 is 11.1 Å². The van der Waals surface area contributed by atoms with Crippen LogP contribution in [0.15, 0.2) is 0 Å². The summed E-state index contributed by atoms with van der Waals surface area (Å²) in [6, 6.07) is -0.163. The summed E-state index contributed by atoms with van der Waals surface area (Å²) in [6.07, 6.45) is 1.80. The van der Waals surface area contributed by atoms with Gasteiger partial charge < -0.3 is 11.1 Å². The molecule has 0 saturated carbocycles. The van der Waals surface area contributed by atoms with Gasteiger partial charge >= 0.3 is 0 Å². The van der Waals surface area contributed by atoms with Gasteiger partial charge in [-0.05, 0) is 11.8 Å². The van der Waals surface area contributed by atoms with Crippen LogP contribution in [0.3, 0.4) is 0 Å². The summed E-state index contributed by atoms with van der Waals surface area (Å²) in [5, 5.41) is 3.19. The first-order valence-electron chi connectivity index (χ1n) is 4.89. The minimum absolute atomic E-state index is 0.163. The van der Waals surface area contributed by atoms with Gasteiger partial charge in [0.05, 0.1) is 6.04 Å². The molecule has 0 aliphatic carbocycles. The van der Waals surface area contributed by atoms with E-state index in [-0.39, 0.29) is 17.4 Å². The number of carbonyl (C=O) groups excluding carboxylic acids is 1. The molecule has 0 aromatic heterocycles. The first-order valence-corrected chi connectivity index (χ1v) is 4.89. The zero-order valence-corrected chi connectivity index (χ0v) is 9.18. The Bertz CT molecular complexity index is 161. The summed E-state index contributed by atoms with van der Waals surface area (Å²) in [5.74, 6) is -0.244. The predicted octanol–water partition coefficient (Wildman–Crippen LogP) is 1.28. The molecule has 0 aliphatic heterocycles. The molecule has 0 rings (SSSR count). The van der Waals surface area contributed by atoms with E-state index in [0.29, 0.717) is 0 Å². The van der Waals surface area contributed by atoms with Crippen molar-refractivity contribution in [3.8, 4) is 0 Å². The second-order valence-electron chi connectivity index (χ2n) is 4.69. The van der Waals surface area contributed by atoms with Crippen LogP contribution >= 0.6 is 0 Å². The van der Waals surface area contributed by atoms with Gasteiger partial charge in [0.25, 0.3) is 0 Å². The maximum absolute atomic E-state index is 11.0. The Morgan fingerprint density at radius 2 is 2.00 bits per heavy atom. The number of nitrogens with one attached hydrogen (secondary N) is 1. The van der Waals surface area contributed by atoms with Crippen molar-refractivity contribution in [1.29, 1.82) is 0 Å². The van der Waals surface area contributed by atoms with Gasteiger partial charge in [0.1, 0.15) is 0 Å². The highest BCUT2D eigenvalue weighted by molar-refractivity contribution is 5.79. The molecule has 0 aromatic rings. The highest BCUT2D eigenvalue weighted by Crippen LogP contribution is 2.11. The summed E-state index contributed by atoms with van der Waals surface area (Å²) in [5.41, 5.74) is 5.45. The third-order valence-electron chi connectivity index (χ3n) is 1.80. The third kappa shape index (κ3) is 6.58. The first kappa shape index (κ1) is 12.4. The van der Waals surface area contributed by atoms with Crippen molar-refractivity contribution in [2.75, 3.05) is 6.54 Å². The molecule has 1 atom stereocenters. The summed E-state index contributed by atoms with van der Waals surface area (Å²) in [6.45, 7) is 9.26. The second kappa shape index (κ2) is 5.22. The molecule has 0 fully saturated rings. The molecule has 78 valence electrons. The molecule has 0 aliphatic rings. The topological polar surface area (TPSA) is 55.1 Å². The van der Waals surface area contributed by atoms with E-state index in [0.717, 1.165) is 19.4 Å². The molecule has 0 aromatic carbocycles. The zero-order valence-electron chi connectivity index (χ0n) is 9.18. The predicted molar refractivity (Wildman–Crippen MR) is 55.3 cm³/mol. The zero-order chi connectivity index (χ0) is 10.5. The van der Waals surface area contributed by atoms with E-state index in [2.05, 4.69) is 33.0 Å². The maximum Gasteiger partial charge on any atom is 0.234 e. The number of hydrogen-bond donors (Lipinski definition) is 2. The van der Waals surface area contributed by atoms with E-state index < -0.39 is 0 Å². The van der Waals surface area contributed by atoms with Crippen LogP contribution in [0.4, 0.5) is 0 Å². The lowest BCUT2D eigenvalue weighted by molar-refractivity contribution is -0.120. The molecule has 0 saturated heterocycles. The second-order valence-corrected chi connectivity index (χ2v) is 4.69. The maximum atomic E-state index is 11.0. The van der Waals surface area contributed by atoms with E-state index in [4.69, 9.17) is 5.73 Å². The van der Waals surface area contributed by atoms with E-state index >= 15 is 0 Å². The Hall–Kier alpha value is -0.570. The van der Waals surface area contributed by atoms with Gasteiger partial charge in [-0.2, -0.15) is 0 Å². The summed E-state index contributed by atoms with van der Waals surface area (Å²) >= 11 is 0. The van der Waals surface area contributed by atoms with Gasteiger partial charge in [-0.1, -0.05) is 34.1 Å². The normalized spacial score (nSPS) is 14.2. The fourth-order valence-electron chi connectivity index (χ4n) is 1.06. The van der Waals surface area contributed by atoms with Crippen molar-refractivity contribution in [2.24, 2.45) is 11.1 Å². The molecule has 1 amide bonds. The summed E-state index contributed by atoms with van der Waals surface area (Å²) in [7, 11) is 0. The number of rotatable bonds is 5. The van der Waals surface area contributed by atoms with Gasteiger partial charge in [-0.3, -0.25) is 4.79 Å². The van der Waals surface area contributed by atoms with Crippen LogP contribution in [0.5, 0.6) is 0 Å². The van der Waals surface area contributed by atoms with Gasteiger partial charge in [0, 0.05) is 6.54 Å². The quantitative estimate of drug-likeness (QED) is 0.679. The molecule has 3 N–H and O–H groups in total. The number of hydrogen-bond acceptors (Lipinski definition) is 2. The molecular formula is C10H22N2O. The fraction of sp³-hybridized carbons (Fsp3) is 0.900. The molecule has 13 heavy (non-hydrogen) atoms. The molecule has 0 heterocycles. The van der Waals surface area contributed by atoms with Crippen molar-refractivity contribution in [3.63, 3.8) is 0 Å². The SMILES string of the molecule is CCC[C@H](NCC(C)(C)C)C(N)=O. The standard InChI is InChI=1S/C10H22N2O/c1-5-6-8(9(11)13)12-7-10(2,3)4/h8,12H,5-7H2,1-4H3,(H2,11,13)/t8-/m0/s1. The molecule has 0 unspecified atom stereocenters. The van der Waals surface area contributed by atoms with Gasteiger partial charge in [0.15, 0.2) is 0 Å². The van der Waals surface area contributed by atoms with Crippen molar-refractivity contribution in [1.82, 2.24) is 5.32 Å². The highest BCUT2D eigenvalue weighted by atomic mass is 16.1. The van der Waals surface area contributed by atoms with E-state index in [1.807, 2.05) is 0 Å². The average molecular weight is 186 g/mol. The number of nitrogens with two attached hydrogens (primary N) is 1. The molecule has 3 nitrogen and oxygen atoms in total. The summed E-state index contributed by atoms with van der Waals surface area (Å²) < 4.78 is 0. The van der Waals surface area contributed by atoms with Crippen molar-refractivity contribution >= 4 is 5.91 Å². The lowest BCUT2D eigenvalue weighted by Crippen LogP contribution is -2.44. The van der Waals surface area contributed by atoms with Gasteiger partial charge in [-0.15, -0.1) is 0 Å². The van der Waals surface area contributed by atoms with Crippen LogP contribution in [0.1, 0.15) is 40.5 Å². The molecular weight excluding hydrogens is 164 g/mol. The van der Waals surface area contributed by atoms with Crippen LogP contribution in [-0.4, -0.2) is 18.5 Å². The smallest absolute Gasteiger partial charge is 0.234 e. The number of primary amides is 1. The number of amides is 1. The molecule has 0 bridgehead atoms. The monoisotopic (exact) mass is 186 g/mol. The number of carbonyl (C=O) groups is 1. The van der Waals surface area contributed by atoms with Crippen LogP contribution in [0.2, 0.25) is 0 Å². The lowest BCUT2D eigenvalue weighted by Gasteiger charge is -2.22. The van der Waals surface area contributed by atoms with Crippen molar-refractivity contribution in [2.45, 2.75) is 46.6 Å². The van der Waals surface area contributed by atoms with Gasteiger partial charge in [0.2, 0.25) is 5.91 Å². The van der Waals surface area contributed by atoms with E-state index in [1.54, 1.807) is 0 Å². The fourth-order valence-corrected chi connectivity index (χ4v) is 1.06. The Morgan fingerprint density at radius 3 is 2.31 bits per heavy atom. The Kier molecular flexibility index (Phi) is 4.99. The van der Waals surface area contributed by atoms with E-state index in [9.17, 15) is 4.79 Å². The Labute approximate surface area is 81.1 Å². The minimum atomic E-state index is -0.244. The Morgan fingerprint density at radius 1 is 1.46 bits per heavy atom. The first-order chi connectivity index (χ1) is 5.87. The van der Waals surface area contributed by atoms with Crippen molar-refractivity contribution in [3.05, 3.63) is 0 Å². The van der Waals surface area contributed by atoms with Crippen LogP contribution in [0, 0.1) is 5.41 Å². The van der Waals surface area contributed by atoms with Crippen molar-refractivity contribution < 1.29 is 4.79 Å². The largest absolute Gasteiger partial charge is 0.368 e. The Balaban J connectivity index is 3.90. The molecule has 3 heteroatoms. The molecule has 0 spiro atoms.